The van der Waals surface area contributed by atoms with Crippen molar-refractivity contribution in [2.24, 2.45) is 11.3 Å². The summed E-state index contributed by atoms with van der Waals surface area (Å²) < 4.78 is 20.4. The summed E-state index contributed by atoms with van der Waals surface area (Å²) in [5.74, 6) is -4.49. The highest BCUT2D eigenvalue weighted by Crippen LogP contribution is 2.34. The molecular weight excluding hydrogens is 370 g/mol. The first-order valence-electron chi connectivity index (χ1n) is 9.04. The van der Waals surface area contributed by atoms with Crippen LogP contribution in [0.15, 0.2) is 0 Å². The summed E-state index contributed by atoms with van der Waals surface area (Å²) in [5.41, 5.74) is -1.42. The third-order valence-electron chi connectivity index (χ3n) is 4.06. The predicted octanol–water partition coefficient (Wildman–Crippen LogP) is 1.28. The van der Waals surface area contributed by atoms with Crippen LogP contribution in [0.1, 0.15) is 48.0 Å². The van der Waals surface area contributed by atoms with Gasteiger partial charge < -0.3 is 18.9 Å². The molecule has 28 heavy (non-hydrogen) atoms. The zero-order valence-electron chi connectivity index (χ0n) is 17.9. The molecule has 9 nitrogen and oxygen atoms in total. The lowest BCUT2D eigenvalue weighted by Gasteiger charge is -2.36. The first-order chi connectivity index (χ1) is 12.7. The van der Waals surface area contributed by atoms with E-state index in [1.807, 2.05) is 20.8 Å². The van der Waals surface area contributed by atoms with E-state index in [-0.39, 0.29) is 6.61 Å². The molecule has 1 unspecified atom stereocenters. The van der Waals surface area contributed by atoms with E-state index in [1.165, 1.54) is 12.0 Å². The molecule has 1 heterocycles. The summed E-state index contributed by atoms with van der Waals surface area (Å²) in [6.07, 6.45) is -1.29. The summed E-state index contributed by atoms with van der Waals surface area (Å²) in [6, 6.07) is -1.02. The summed E-state index contributed by atoms with van der Waals surface area (Å²) in [4.78, 5) is 51.2. The number of carbonyl (C=O) groups excluding carboxylic acids is 4. The minimum Gasteiger partial charge on any atom is -0.469 e. The topological polar surface area (TPSA) is 108 Å². The second-order valence-electron chi connectivity index (χ2n) is 8.70. The van der Waals surface area contributed by atoms with Crippen LogP contribution in [0, 0.1) is 11.3 Å². The van der Waals surface area contributed by atoms with Gasteiger partial charge in [-0.15, -0.1) is 0 Å². The van der Waals surface area contributed by atoms with Crippen molar-refractivity contribution in [2.45, 2.75) is 65.8 Å². The molecule has 0 bridgehead atoms. The molecule has 160 valence electrons. The minimum absolute atomic E-state index is 0.0698. The second kappa shape index (κ2) is 8.89. The van der Waals surface area contributed by atoms with Crippen LogP contribution >= 0.6 is 0 Å². The van der Waals surface area contributed by atoms with E-state index in [4.69, 9.17) is 14.2 Å². The maximum atomic E-state index is 13.3. The number of hydrogen-bond acceptors (Lipinski definition) is 8. The van der Waals surface area contributed by atoms with Gasteiger partial charge in [-0.1, -0.05) is 20.8 Å². The third-order valence-corrected chi connectivity index (χ3v) is 4.06. The molecule has 0 spiro atoms. The maximum Gasteiger partial charge on any atom is 0.331 e. The van der Waals surface area contributed by atoms with Gasteiger partial charge >= 0.3 is 17.9 Å². The van der Waals surface area contributed by atoms with Gasteiger partial charge in [0, 0.05) is 5.41 Å². The zero-order chi connectivity index (χ0) is 21.9. The Morgan fingerprint density at radius 3 is 2.04 bits per heavy atom. The second-order valence-corrected chi connectivity index (χ2v) is 8.70. The molecule has 1 amide bonds. The fraction of sp³-hybridized carbons (Fsp3) is 0.789. The number of nitrogens with zero attached hydrogens (tertiary/aromatic N) is 1. The van der Waals surface area contributed by atoms with E-state index in [0.29, 0.717) is 0 Å². The molecule has 1 aliphatic rings. The van der Waals surface area contributed by atoms with Crippen LogP contribution in [0.25, 0.3) is 0 Å². The predicted molar refractivity (Wildman–Crippen MR) is 97.8 cm³/mol. The molecule has 0 aromatic rings. The van der Waals surface area contributed by atoms with Gasteiger partial charge in [0.1, 0.15) is 17.7 Å². The monoisotopic (exact) mass is 401 g/mol. The highest BCUT2D eigenvalue weighted by atomic mass is 16.6. The Hall–Kier alpha value is -2.16. The molecule has 0 saturated carbocycles. The fourth-order valence-corrected chi connectivity index (χ4v) is 2.83. The average Bonchev–Trinajstić information content (AvgIpc) is 3.01. The molecular formula is C19H31NO8. The molecule has 1 fully saturated rings. The molecule has 0 aromatic carbocycles. The maximum absolute atomic E-state index is 13.3. The average molecular weight is 401 g/mol. The lowest BCUT2D eigenvalue weighted by molar-refractivity contribution is -0.173. The Kier molecular flexibility index (Phi) is 7.59. The van der Waals surface area contributed by atoms with E-state index in [0.717, 1.165) is 7.11 Å². The van der Waals surface area contributed by atoms with Crippen LogP contribution in [-0.4, -0.2) is 67.4 Å². The first-order valence-corrected chi connectivity index (χ1v) is 9.04. The molecule has 9 heteroatoms. The van der Waals surface area contributed by atoms with E-state index in [1.54, 1.807) is 20.8 Å². The van der Waals surface area contributed by atoms with E-state index >= 15 is 0 Å². The molecule has 0 radical (unpaired) electrons. The summed E-state index contributed by atoms with van der Waals surface area (Å²) >= 11 is 0. The van der Waals surface area contributed by atoms with Gasteiger partial charge in [-0.05, 0) is 20.8 Å². The van der Waals surface area contributed by atoms with Gasteiger partial charge in [0.15, 0.2) is 6.04 Å². The largest absolute Gasteiger partial charge is 0.469 e. The Morgan fingerprint density at radius 2 is 1.61 bits per heavy atom. The van der Waals surface area contributed by atoms with Crippen molar-refractivity contribution in [3.63, 3.8) is 0 Å². The molecule has 0 aliphatic carbocycles. The number of amides is 1. The summed E-state index contributed by atoms with van der Waals surface area (Å²) in [7, 11) is 2.36. The number of carbonyl (C=O) groups is 4. The lowest BCUT2D eigenvalue weighted by atomic mass is 9.91. The highest BCUT2D eigenvalue weighted by molar-refractivity contribution is 6.02. The normalized spacial score (nSPS) is 21.1. The number of hydrogen-bond donors (Lipinski definition) is 0. The van der Waals surface area contributed by atoms with Crippen molar-refractivity contribution in [2.75, 3.05) is 20.8 Å². The van der Waals surface area contributed by atoms with Gasteiger partial charge in [-0.2, -0.15) is 0 Å². The number of esters is 3. The smallest absolute Gasteiger partial charge is 0.331 e. The third kappa shape index (κ3) is 5.92. The van der Waals surface area contributed by atoms with Gasteiger partial charge in [-0.25, -0.2) is 4.79 Å². The first kappa shape index (κ1) is 23.9. The van der Waals surface area contributed by atoms with Crippen molar-refractivity contribution in [1.82, 2.24) is 4.90 Å². The highest BCUT2D eigenvalue weighted by Gasteiger charge is 2.51. The van der Waals surface area contributed by atoms with Gasteiger partial charge in [0.05, 0.1) is 27.2 Å². The standard InChI is InChI=1S/C19H31NO8/c1-18(2,3)17-20(12(10-27-17)16(24)26-8)14(22)11(9-13(21)25-7)15(23)28-19(4,5)6/h11-12,17H,9-10H2,1-8H3/t11?,12-,17+/m0/s1. The summed E-state index contributed by atoms with van der Waals surface area (Å²) in [6.45, 7) is 10.4. The van der Waals surface area contributed by atoms with Crippen LogP contribution in [-0.2, 0) is 38.1 Å². The summed E-state index contributed by atoms with van der Waals surface area (Å²) in [5, 5.41) is 0. The Labute approximate surface area is 165 Å². The number of rotatable bonds is 5. The molecule has 1 saturated heterocycles. The van der Waals surface area contributed by atoms with E-state index < -0.39 is 59.4 Å². The quantitative estimate of drug-likeness (QED) is 0.385. The van der Waals surface area contributed by atoms with Crippen LogP contribution in [0.4, 0.5) is 0 Å². The molecule has 1 aliphatic heterocycles. The van der Waals surface area contributed by atoms with Gasteiger partial charge in [-0.3, -0.25) is 19.3 Å². The van der Waals surface area contributed by atoms with E-state index in [2.05, 4.69) is 4.74 Å². The minimum atomic E-state index is -1.47. The zero-order valence-corrected chi connectivity index (χ0v) is 17.9. The van der Waals surface area contributed by atoms with Crippen molar-refractivity contribution in [1.29, 1.82) is 0 Å². The van der Waals surface area contributed by atoms with Crippen molar-refractivity contribution < 1.29 is 38.1 Å². The Bertz CT molecular complexity index is 616. The molecule has 3 atom stereocenters. The van der Waals surface area contributed by atoms with Gasteiger partial charge in [0.25, 0.3) is 0 Å². The number of methoxy groups -OCH3 is 2. The van der Waals surface area contributed by atoms with Crippen LogP contribution in [0.3, 0.4) is 0 Å². The fourth-order valence-electron chi connectivity index (χ4n) is 2.83. The van der Waals surface area contributed by atoms with Crippen molar-refractivity contribution >= 4 is 23.8 Å². The Morgan fingerprint density at radius 1 is 1.04 bits per heavy atom. The van der Waals surface area contributed by atoms with Gasteiger partial charge in [0.2, 0.25) is 5.91 Å². The van der Waals surface area contributed by atoms with Crippen molar-refractivity contribution in [3.05, 3.63) is 0 Å². The lowest BCUT2D eigenvalue weighted by Crippen LogP contribution is -2.54. The number of ether oxygens (including phenoxy) is 4. The molecule has 1 rings (SSSR count). The molecule has 0 aromatic heterocycles. The van der Waals surface area contributed by atoms with Crippen LogP contribution < -0.4 is 0 Å². The van der Waals surface area contributed by atoms with Crippen LogP contribution in [0.2, 0.25) is 0 Å². The van der Waals surface area contributed by atoms with Crippen LogP contribution in [0.5, 0.6) is 0 Å². The van der Waals surface area contributed by atoms with Crippen molar-refractivity contribution in [3.8, 4) is 0 Å². The molecule has 0 N–H and O–H groups in total. The van der Waals surface area contributed by atoms with E-state index in [9.17, 15) is 19.2 Å². The SMILES string of the molecule is COC(=O)CC(C(=O)OC(C)(C)C)C(=O)N1[C@H](C(=O)OC)CO[C@@H]1C(C)(C)C. The Balaban J connectivity index is 3.31.